The molecule has 1 rings (SSSR count). The van der Waals surface area contributed by atoms with Crippen molar-refractivity contribution in [1.29, 1.82) is 0 Å². The van der Waals surface area contributed by atoms with Gasteiger partial charge in [-0.2, -0.15) is 12.6 Å². The third kappa shape index (κ3) is 1.34. The molecule has 0 N–H and O–H groups in total. The van der Waals surface area contributed by atoms with Crippen molar-refractivity contribution in [1.82, 2.24) is 0 Å². The van der Waals surface area contributed by atoms with E-state index in [0.717, 1.165) is 10.7 Å². The number of hydrogen-bond donors (Lipinski definition) is 2. The summed E-state index contributed by atoms with van der Waals surface area (Å²) in [6, 6.07) is 0. The van der Waals surface area contributed by atoms with Crippen molar-refractivity contribution in [2.24, 2.45) is 0 Å². The summed E-state index contributed by atoms with van der Waals surface area (Å²) in [5.41, 5.74) is 0. The van der Waals surface area contributed by atoms with Crippen LogP contribution in [0.25, 0.3) is 0 Å². The molecule has 0 amide bonds. The molecule has 0 aromatic rings. The van der Waals surface area contributed by atoms with E-state index >= 15 is 0 Å². The van der Waals surface area contributed by atoms with Crippen LogP contribution in [-0.2, 0) is 0 Å². The van der Waals surface area contributed by atoms with E-state index in [9.17, 15) is 0 Å². The van der Waals surface area contributed by atoms with E-state index in [-0.39, 0.29) is 0 Å². The first-order valence-electron chi connectivity index (χ1n) is 1.99. The zero-order chi connectivity index (χ0) is 5.28. The zero-order valence-corrected chi connectivity index (χ0v) is 6.27. The van der Waals surface area contributed by atoms with Crippen molar-refractivity contribution >= 4 is 37.0 Å². The summed E-state index contributed by atoms with van der Waals surface area (Å²) >= 11 is 10.1. The number of hydrogen-bond acceptors (Lipinski definition) is 3. The summed E-state index contributed by atoms with van der Waals surface area (Å²) < 4.78 is 0. The van der Waals surface area contributed by atoms with Gasteiger partial charge in [-0.15, -0.1) is 24.4 Å². The molecule has 0 spiro atoms. The van der Waals surface area contributed by atoms with Crippen molar-refractivity contribution < 1.29 is 0 Å². The monoisotopic (exact) mass is 150 g/mol. The average molecular weight is 150 g/mol. The quantitative estimate of drug-likeness (QED) is 0.497. The van der Waals surface area contributed by atoms with E-state index in [0.29, 0.717) is 5.25 Å². The molecule has 1 heterocycles. The highest BCUT2D eigenvalue weighted by Crippen LogP contribution is 2.28. The Kier molecular flexibility index (Phi) is 2.01. The lowest BCUT2D eigenvalue weighted by atomic mass is 10.5. The molecule has 3 heteroatoms. The summed E-state index contributed by atoms with van der Waals surface area (Å²) in [7, 11) is 0. The molecule has 0 radical (unpaired) electrons. The molecule has 0 saturated heterocycles. The Labute approximate surface area is 58.6 Å². The summed E-state index contributed by atoms with van der Waals surface area (Å²) in [5, 5.41) is 2.44. The fraction of sp³-hybridized carbons (Fsp3) is 0.500. The minimum atomic E-state index is 0.397. The summed E-state index contributed by atoms with van der Waals surface area (Å²) in [6.07, 6.45) is 0. The van der Waals surface area contributed by atoms with Gasteiger partial charge < -0.3 is 0 Å². The van der Waals surface area contributed by atoms with Crippen LogP contribution in [0.1, 0.15) is 0 Å². The molecule has 0 bridgehead atoms. The van der Waals surface area contributed by atoms with E-state index < -0.39 is 0 Å². The average Bonchev–Trinajstić information content (AvgIpc) is 1.91. The van der Waals surface area contributed by atoms with E-state index in [1.807, 2.05) is 5.41 Å². The normalized spacial score (nSPS) is 30.6. The highest BCUT2D eigenvalue weighted by Gasteiger charge is 2.10. The van der Waals surface area contributed by atoms with Gasteiger partial charge >= 0.3 is 0 Å². The maximum absolute atomic E-state index is 4.22. The van der Waals surface area contributed by atoms with Gasteiger partial charge in [-0.1, -0.05) is 0 Å². The lowest BCUT2D eigenvalue weighted by Crippen LogP contribution is -1.93. The Morgan fingerprint density at radius 3 is 2.71 bits per heavy atom. The van der Waals surface area contributed by atoms with Crippen LogP contribution in [0.5, 0.6) is 0 Å². The fourth-order valence-electron chi connectivity index (χ4n) is 0.389. The van der Waals surface area contributed by atoms with Gasteiger partial charge in [0.1, 0.15) is 0 Å². The molecular formula is C4H6S3. The summed E-state index contributed by atoms with van der Waals surface area (Å²) in [4.78, 5) is 1.10. The molecule has 0 aromatic heterocycles. The highest BCUT2D eigenvalue weighted by molar-refractivity contribution is 8.04. The van der Waals surface area contributed by atoms with Crippen molar-refractivity contribution in [2.75, 3.05) is 5.75 Å². The smallest absolute Gasteiger partial charge is 0.0423 e. The molecule has 0 nitrogen and oxygen atoms in total. The third-order valence-electron chi connectivity index (χ3n) is 0.800. The predicted octanol–water partition coefficient (Wildman–Crippen LogP) is 1.80. The van der Waals surface area contributed by atoms with Gasteiger partial charge in [0.25, 0.3) is 0 Å². The topological polar surface area (TPSA) is 0 Å². The molecule has 40 valence electrons. The molecule has 0 aliphatic carbocycles. The Bertz CT molecular complexity index is 97.1. The molecule has 0 fully saturated rings. The molecular weight excluding hydrogens is 144 g/mol. The predicted molar refractivity (Wildman–Crippen MR) is 42.3 cm³/mol. The zero-order valence-electron chi connectivity index (χ0n) is 3.66. The Morgan fingerprint density at radius 1 is 1.86 bits per heavy atom. The number of thioether (sulfide) groups is 1. The standard InChI is InChI=1S/C4H6S3/c5-3-1-7-2-4(3)6/h1,4-6H,2H2. The van der Waals surface area contributed by atoms with Crippen molar-refractivity contribution in [3.8, 4) is 0 Å². The molecule has 0 aromatic carbocycles. The maximum atomic E-state index is 4.22. The molecule has 1 atom stereocenters. The van der Waals surface area contributed by atoms with Gasteiger partial charge in [-0.25, -0.2) is 0 Å². The molecule has 1 aliphatic rings. The summed E-state index contributed by atoms with van der Waals surface area (Å²) in [6.45, 7) is 0. The van der Waals surface area contributed by atoms with E-state index in [1.54, 1.807) is 11.8 Å². The van der Waals surface area contributed by atoms with E-state index in [4.69, 9.17) is 0 Å². The van der Waals surface area contributed by atoms with E-state index in [1.165, 1.54) is 0 Å². The van der Waals surface area contributed by atoms with Crippen LogP contribution in [0, 0.1) is 0 Å². The Hall–Kier alpha value is 0.790. The first kappa shape index (κ1) is 5.92. The first-order chi connectivity index (χ1) is 3.30. The molecule has 0 saturated carbocycles. The molecule has 7 heavy (non-hydrogen) atoms. The van der Waals surface area contributed by atoms with Crippen LogP contribution >= 0.6 is 37.0 Å². The third-order valence-corrected chi connectivity index (χ3v) is 3.27. The van der Waals surface area contributed by atoms with Gasteiger partial charge in [-0.3, -0.25) is 0 Å². The van der Waals surface area contributed by atoms with Crippen LogP contribution in [0.4, 0.5) is 0 Å². The fourth-order valence-corrected chi connectivity index (χ4v) is 2.05. The minimum absolute atomic E-state index is 0.397. The molecule has 1 unspecified atom stereocenters. The highest BCUT2D eigenvalue weighted by atomic mass is 32.2. The van der Waals surface area contributed by atoms with Crippen LogP contribution in [-0.4, -0.2) is 11.0 Å². The SMILES string of the molecule is SC1=CSCC1S. The second kappa shape index (κ2) is 2.37. The minimum Gasteiger partial charge on any atom is -0.170 e. The lowest BCUT2D eigenvalue weighted by Gasteiger charge is -1.95. The van der Waals surface area contributed by atoms with Crippen LogP contribution in [0.3, 0.4) is 0 Å². The van der Waals surface area contributed by atoms with Gasteiger partial charge in [0, 0.05) is 15.9 Å². The van der Waals surface area contributed by atoms with Crippen molar-refractivity contribution in [3.63, 3.8) is 0 Å². The second-order valence-corrected chi connectivity index (χ2v) is 3.43. The first-order valence-corrected chi connectivity index (χ1v) is 4.00. The Balaban J connectivity index is 2.54. The largest absolute Gasteiger partial charge is 0.170 e. The summed E-state index contributed by atoms with van der Waals surface area (Å²) in [5.74, 6) is 1.09. The van der Waals surface area contributed by atoms with E-state index in [2.05, 4.69) is 25.3 Å². The van der Waals surface area contributed by atoms with Crippen LogP contribution in [0.15, 0.2) is 10.3 Å². The van der Waals surface area contributed by atoms with Crippen molar-refractivity contribution in [2.45, 2.75) is 5.25 Å². The van der Waals surface area contributed by atoms with Crippen molar-refractivity contribution in [3.05, 3.63) is 10.3 Å². The Morgan fingerprint density at radius 2 is 2.57 bits per heavy atom. The van der Waals surface area contributed by atoms with Crippen LogP contribution < -0.4 is 0 Å². The van der Waals surface area contributed by atoms with Gasteiger partial charge in [-0.05, 0) is 5.41 Å². The molecule has 1 aliphatic heterocycles. The second-order valence-electron chi connectivity index (χ2n) is 1.39. The number of rotatable bonds is 0. The lowest BCUT2D eigenvalue weighted by molar-refractivity contribution is 1.29. The maximum Gasteiger partial charge on any atom is 0.0423 e. The number of thiol groups is 2. The van der Waals surface area contributed by atoms with Gasteiger partial charge in [0.05, 0.1) is 0 Å². The van der Waals surface area contributed by atoms with Crippen LogP contribution in [0.2, 0.25) is 0 Å². The van der Waals surface area contributed by atoms with Gasteiger partial charge in [0.2, 0.25) is 0 Å². The van der Waals surface area contributed by atoms with Gasteiger partial charge in [0.15, 0.2) is 0 Å².